The maximum atomic E-state index is 12.8. The zero-order chi connectivity index (χ0) is 22.3. The number of nitrogens with one attached hydrogen (secondary N) is 2. The molecular weight excluding hydrogens is 420 g/mol. The summed E-state index contributed by atoms with van der Waals surface area (Å²) in [5.74, 6) is 0.170. The van der Waals surface area contributed by atoms with Gasteiger partial charge in [-0.1, -0.05) is 19.9 Å². The summed E-state index contributed by atoms with van der Waals surface area (Å²) < 4.78 is 29.7. The van der Waals surface area contributed by atoms with Gasteiger partial charge in [0.2, 0.25) is 10.0 Å². The molecule has 0 aliphatic heterocycles. The molecule has 0 aliphatic carbocycles. The van der Waals surface area contributed by atoms with E-state index in [4.69, 9.17) is 0 Å². The fraction of sp³-hybridized carbons (Fsp3) is 0.429. The van der Waals surface area contributed by atoms with Crippen LogP contribution in [0, 0.1) is 12.8 Å². The molecule has 0 aliphatic rings. The van der Waals surface area contributed by atoms with Gasteiger partial charge in [0, 0.05) is 23.2 Å². The minimum atomic E-state index is -3.69. The summed E-state index contributed by atoms with van der Waals surface area (Å²) in [6.45, 7) is 12.3. The van der Waals surface area contributed by atoms with Gasteiger partial charge in [0.25, 0.3) is 5.91 Å². The Balaban J connectivity index is 1.85. The van der Waals surface area contributed by atoms with Gasteiger partial charge in [-0.2, -0.15) is 5.10 Å². The van der Waals surface area contributed by atoms with Crippen LogP contribution >= 0.6 is 11.3 Å². The Morgan fingerprint density at radius 3 is 2.57 bits per heavy atom. The standard InChI is InChI=1S/C21H28N4O3S2/c1-13(2)12-25-20-17(14(3)23-25)11-18(29-20)19(26)22-15-8-7-9-16(10-15)30(27,28)24-21(4,5)6/h7-11,13,24H,12H2,1-6H3,(H,22,26). The van der Waals surface area contributed by atoms with Gasteiger partial charge in [0.1, 0.15) is 4.83 Å². The average molecular weight is 449 g/mol. The largest absolute Gasteiger partial charge is 0.321 e. The van der Waals surface area contributed by atoms with Crippen LogP contribution in [0.2, 0.25) is 0 Å². The number of carbonyl (C=O) groups excluding carboxylic acids is 1. The van der Waals surface area contributed by atoms with Gasteiger partial charge in [-0.15, -0.1) is 11.3 Å². The van der Waals surface area contributed by atoms with Crippen LogP contribution in [-0.4, -0.2) is 29.6 Å². The van der Waals surface area contributed by atoms with Crippen molar-refractivity contribution in [2.24, 2.45) is 5.92 Å². The monoisotopic (exact) mass is 448 g/mol. The van der Waals surface area contributed by atoms with Crippen LogP contribution in [0.1, 0.15) is 50.0 Å². The van der Waals surface area contributed by atoms with Crippen molar-refractivity contribution >= 4 is 43.2 Å². The van der Waals surface area contributed by atoms with E-state index in [1.165, 1.54) is 23.5 Å². The first kappa shape index (κ1) is 22.5. The third-order valence-corrected chi connectivity index (χ3v) is 7.11. The molecule has 3 aromatic rings. The van der Waals surface area contributed by atoms with Gasteiger partial charge in [-0.3, -0.25) is 9.48 Å². The van der Waals surface area contributed by atoms with Crippen LogP contribution < -0.4 is 10.0 Å². The van der Waals surface area contributed by atoms with Crippen LogP contribution in [-0.2, 0) is 16.6 Å². The maximum absolute atomic E-state index is 12.8. The fourth-order valence-electron chi connectivity index (χ4n) is 3.09. The quantitative estimate of drug-likeness (QED) is 0.585. The molecule has 30 heavy (non-hydrogen) atoms. The zero-order valence-electron chi connectivity index (χ0n) is 18.1. The highest BCUT2D eigenvalue weighted by molar-refractivity contribution is 7.89. The summed E-state index contributed by atoms with van der Waals surface area (Å²) >= 11 is 1.39. The minimum Gasteiger partial charge on any atom is -0.321 e. The lowest BCUT2D eigenvalue weighted by atomic mass is 10.1. The van der Waals surface area contributed by atoms with Crippen molar-refractivity contribution in [2.75, 3.05) is 5.32 Å². The normalized spacial score (nSPS) is 12.6. The number of aromatic nitrogens is 2. The van der Waals surface area contributed by atoms with Crippen LogP contribution in [0.5, 0.6) is 0 Å². The SMILES string of the molecule is Cc1nn(CC(C)C)c2sc(C(=O)Nc3cccc(S(=O)(=O)NC(C)(C)C)c3)cc12. The number of fused-ring (bicyclic) bond motifs is 1. The summed E-state index contributed by atoms with van der Waals surface area (Å²) in [6.07, 6.45) is 0. The third-order valence-electron chi connectivity index (χ3n) is 4.21. The lowest BCUT2D eigenvalue weighted by Crippen LogP contribution is -2.40. The smallest absolute Gasteiger partial charge is 0.265 e. The number of hydrogen-bond acceptors (Lipinski definition) is 5. The van der Waals surface area contributed by atoms with Gasteiger partial charge in [0.05, 0.1) is 15.5 Å². The molecule has 7 nitrogen and oxygen atoms in total. The summed E-state index contributed by atoms with van der Waals surface area (Å²) in [7, 11) is -3.69. The predicted octanol–water partition coefficient (Wildman–Crippen LogP) is 4.39. The van der Waals surface area contributed by atoms with Gasteiger partial charge in [0.15, 0.2) is 0 Å². The van der Waals surface area contributed by atoms with E-state index in [1.807, 2.05) is 17.7 Å². The van der Waals surface area contributed by atoms with E-state index in [1.54, 1.807) is 32.9 Å². The number of thiophene rings is 1. The fourth-order valence-corrected chi connectivity index (χ4v) is 5.62. The van der Waals surface area contributed by atoms with E-state index < -0.39 is 15.6 Å². The molecule has 162 valence electrons. The molecule has 3 rings (SSSR count). The van der Waals surface area contributed by atoms with E-state index in [-0.39, 0.29) is 10.8 Å². The molecule has 0 radical (unpaired) electrons. The highest BCUT2D eigenvalue weighted by atomic mass is 32.2. The highest BCUT2D eigenvalue weighted by Crippen LogP contribution is 2.29. The Labute approximate surface area is 181 Å². The lowest BCUT2D eigenvalue weighted by molar-refractivity contribution is 0.103. The summed E-state index contributed by atoms with van der Waals surface area (Å²) in [6, 6.07) is 8.10. The lowest BCUT2D eigenvalue weighted by Gasteiger charge is -2.20. The zero-order valence-corrected chi connectivity index (χ0v) is 19.7. The first-order chi connectivity index (χ1) is 13.9. The van der Waals surface area contributed by atoms with E-state index in [9.17, 15) is 13.2 Å². The van der Waals surface area contributed by atoms with Crippen molar-refractivity contribution in [3.63, 3.8) is 0 Å². The number of carbonyl (C=O) groups is 1. The molecular formula is C21H28N4O3S2. The van der Waals surface area contributed by atoms with Crippen LogP contribution in [0.4, 0.5) is 5.69 Å². The van der Waals surface area contributed by atoms with E-state index in [0.29, 0.717) is 16.5 Å². The Bertz CT molecular complexity index is 1180. The number of amides is 1. The van der Waals surface area contributed by atoms with E-state index in [0.717, 1.165) is 22.5 Å². The molecule has 0 saturated carbocycles. The minimum absolute atomic E-state index is 0.106. The van der Waals surface area contributed by atoms with Crippen LogP contribution in [0.15, 0.2) is 35.2 Å². The summed E-state index contributed by atoms with van der Waals surface area (Å²) in [5.41, 5.74) is 0.716. The number of sulfonamides is 1. The second kappa shape index (κ2) is 8.13. The van der Waals surface area contributed by atoms with Crippen molar-refractivity contribution in [3.05, 3.63) is 40.9 Å². The second-order valence-electron chi connectivity index (χ2n) is 8.83. The highest BCUT2D eigenvalue weighted by Gasteiger charge is 2.23. The summed E-state index contributed by atoms with van der Waals surface area (Å²) in [4.78, 5) is 14.5. The molecule has 0 atom stereocenters. The number of hydrogen-bond donors (Lipinski definition) is 2. The van der Waals surface area contributed by atoms with Gasteiger partial charge < -0.3 is 5.32 Å². The first-order valence-corrected chi connectivity index (χ1v) is 12.1. The molecule has 0 bridgehead atoms. The van der Waals surface area contributed by atoms with Gasteiger partial charge >= 0.3 is 0 Å². The number of aryl methyl sites for hydroxylation is 1. The molecule has 1 amide bonds. The first-order valence-electron chi connectivity index (χ1n) is 9.78. The Morgan fingerprint density at radius 2 is 1.93 bits per heavy atom. The average Bonchev–Trinajstić information content (AvgIpc) is 3.14. The molecule has 1 aromatic carbocycles. The van der Waals surface area contributed by atoms with Crippen molar-refractivity contribution < 1.29 is 13.2 Å². The van der Waals surface area contributed by atoms with Gasteiger partial charge in [-0.05, 0) is 57.9 Å². The number of anilines is 1. The molecule has 2 N–H and O–H groups in total. The number of benzene rings is 1. The predicted molar refractivity (Wildman–Crippen MR) is 122 cm³/mol. The molecule has 9 heteroatoms. The van der Waals surface area contributed by atoms with E-state index in [2.05, 4.69) is 29.0 Å². The Kier molecular flexibility index (Phi) is 6.08. The molecule has 0 fully saturated rings. The topological polar surface area (TPSA) is 93.1 Å². The summed E-state index contributed by atoms with van der Waals surface area (Å²) in [5, 5.41) is 8.35. The Morgan fingerprint density at radius 1 is 1.23 bits per heavy atom. The van der Waals surface area contributed by atoms with Crippen LogP contribution in [0.3, 0.4) is 0 Å². The number of rotatable bonds is 6. The molecule has 0 unspecified atom stereocenters. The van der Waals surface area contributed by atoms with Crippen molar-refractivity contribution in [1.29, 1.82) is 0 Å². The van der Waals surface area contributed by atoms with Crippen molar-refractivity contribution in [3.8, 4) is 0 Å². The van der Waals surface area contributed by atoms with Crippen molar-refractivity contribution in [1.82, 2.24) is 14.5 Å². The third kappa shape index (κ3) is 5.08. The van der Waals surface area contributed by atoms with Crippen LogP contribution in [0.25, 0.3) is 10.2 Å². The Hall–Kier alpha value is -2.23. The maximum Gasteiger partial charge on any atom is 0.265 e. The van der Waals surface area contributed by atoms with Gasteiger partial charge in [-0.25, -0.2) is 13.1 Å². The molecule has 0 saturated heterocycles. The molecule has 2 heterocycles. The van der Waals surface area contributed by atoms with E-state index >= 15 is 0 Å². The second-order valence-corrected chi connectivity index (χ2v) is 11.5. The molecule has 2 aromatic heterocycles. The molecule has 0 spiro atoms. The number of nitrogens with zero attached hydrogens (tertiary/aromatic N) is 2. The van der Waals surface area contributed by atoms with Crippen molar-refractivity contribution in [2.45, 2.75) is 58.5 Å².